The highest BCUT2D eigenvalue weighted by molar-refractivity contribution is 9.10. The van der Waals surface area contributed by atoms with Gasteiger partial charge in [-0.2, -0.15) is 5.10 Å². The van der Waals surface area contributed by atoms with Crippen LogP contribution in [0.15, 0.2) is 27.4 Å². The van der Waals surface area contributed by atoms with E-state index in [1.807, 2.05) is 31.0 Å². The van der Waals surface area contributed by atoms with Crippen LogP contribution in [0.1, 0.15) is 24.2 Å². The third-order valence-electron chi connectivity index (χ3n) is 3.23. The lowest BCUT2D eigenvalue weighted by molar-refractivity contribution is 0.365. The molecule has 7 heteroatoms. The molecule has 1 N–H and O–H groups in total. The Kier molecular flexibility index (Phi) is 5.87. The van der Waals surface area contributed by atoms with Gasteiger partial charge in [0.15, 0.2) is 5.22 Å². The van der Waals surface area contributed by atoms with Gasteiger partial charge in [0.1, 0.15) is 0 Å². The first-order chi connectivity index (χ1) is 10.0. The van der Waals surface area contributed by atoms with Crippen molar-refractivity contribution in [2.24, 2.45) is 0 Å². The van der Waals surface area contributed by atoms with E-state index in [1.165, 1.54) is 0 Å². The van der Waals surface area contributed by atoms with Crippen LogP contribution in [-0.2, 0) is 6.54 Å². The zero-order chi connectivity index (χ0) is 15.4. The summed E-state index contributed by atoms with van der Waals surface area (Å²) in [4.78, 5) is 2.13. The van der Waals surface area contributed by atoms with Crippen LogP contribution in [0.2, 0.25) is 5.22 Å². The van der Waals surface area contributed by atoms with Crippen LogP contribution in [0.5, 0.6) is 0 Å². The summed E-state index contributed by atoms with van der Waals surface area (Å²) in [5.74, 6) is 0. The Morgan fingerprint density at radius 3 is 2.86 bits per heavy atom. The fourth-order valence-corrected chi connectivity index (χ4v) is 2.95. The summed E-state index contributed by atoms with van der Waals surface area (Å²) in [6, 6.07) is 1.84. The van der Waals surface area contributed by atoms with Crippen molar-refractivity contribution in [3.05, 3.63) is 39.5 Å². The fourth-order valence-electron chi connectivity index (χ4n) is 2.20. The maximum absolute atomic E-state index is 6.16. The lowest BCUT2D eigenvalue weighted by Crippen LogP contribution is -2.27. The van der Waals surface area contributed by atoms with Crippen LogP contribution >= 0.6 is 27.5 Å². The zero-order valence-corrected chi connectivity index (χ0v) is 14.8. The van der Waals surface area contributed by atoms with Crippen LogP contribution in [0.3, 0.4) is 0 Å². The summed E-state index contributed by atoms with van der Waals surface area (Å²) < 4.78 is 8.20. The van der Waals surface area contributed by atoms with Gasteiger partial charge in [-0.1, -0.05) is 6.92 Å². The minimum Gasteiger partial charge on any atom is -0.453 e. The molecule has 0 radical (unpaired) electrons. The van der Waals surface area contributed by atoms with Crippen molar-refractivity contribution in [1.82, 2.24) is 20.0 Å². The molecule has 2 rings (SSSR count). The van der Waals surface area contributed by atoms with Gasteiger partial charge in [0.2, 0.25) is 0 Å². The van der Waals surface area contributed by atoms with E-state index in [2.05, 4.69) is 38.2 Å². The highest BCUT2D eigenvalue weighted by atomic mass is 79.9. The molecule has 0 aliphatic heterocycles. The van der Waals surface area contributed by atoms with Crippen LogP contribution in [0, 0.1) is 0 Å². The van der Waals surface area contributed by atoms with E-state index in [1.54, 1.807) is 6.26 Å². The molecule has 2 heterocycles. The SMILES string of the molecule is CCNC(c1ccoc1Cl)c1c(Br)cnn1CCN(C)C. The maximum atomic E-state index is 6.16. The predicted octanol–water partition coefficient (Wildman–Crippen LogP) is 3.15. The molecule has 21 heavy (non-hydrogen) atoms. The number of rotatable bonds is 7. The average molecular weight is 376 g/mol. The second-order valence-corrected chi connectivity index (χ2v) is 6.24. The highest BCUT2D eigenvalue weighted by Crippen LogP contribution is 2.33. The molecule has 0 aromatic carbocycles. The third-order valence-corrected chi connectivity index (χ3v) is 4.15. The first-order valence-corrected chi connectivity index (χ1v) is 8.03. The summed E-state index contributed by atoms with van der Waals surface area (Å²) >= 11 is 9.75. The van der Waals surface area contributed by atoms with Gasteiger partial charge in [-0.25, -0.2) is 0 Å². The zero-order valence-electron chi connectivity index (χ0n) is 12.4. The normalized spacial score (nSPS) is 13.0. The molecule has 5 nitrogen and oxygen atoms in total. The molecule has 0 amide bonds. The minimum atomic E-state index is -0.0553. The average Bonchev–Trinajstić information content (AvgIpc) is 3.00. The standard InChI is InChI=1S/C14H20BrClN4O/c1-4-17-12(10-5-8-21-14(10)16)13-11(15)9-18-20(13)7-6-19(2)3/h5,8-9,12,17H,4,6-7H2,1-3H3. The third kappa shape index (κ3) is 3.88. The molecule has 2 aromatic rings. The van der Waals surface area contributed by atoms with Gasteiger partial charge in [-0.15, -0.1) is 0 Å². The van der Waals surface area contributed by atoms with E-state index < -0.39 is 0 Å². The monoisotopic (exact) mass is 374 g/mol. The van der Waals surface area contributed by atoms with Gasteiger partial charge in [0.05, 0.1) is 35.2 Å². The summed E-state index contributed by atoms with van der Waals surface area (Å²) in [5, 5.41) is 8.32. The smallest absolute Gasteiger partial charge is 0.198 e. The first-order valence-electron chi connectivity index (χ1n) is 6.86. The second kappa shape index (κ2) is 7.45. The van der Waals surface area contributed by atoms with Gasteiger partial charge in [-0.3, -0.25) is 4.68 Å². The minimum absolute atomic E-state index is 0.0553. The molecule has 0 aliphatic carbocycles. The first kappa shape index (κ1) is 16.5. The number of aromatic nitrogens is 2. The van der Waals surface area contributed by atoms with Crippen molar-refractivity contribution in [2.45, 2.75) is 19.5 Å². The van der Waals surface area contributed by atoms with Gasteiger partial charge >= 0.3 is 0 Å². The van der Waals surface area contributed by atoms with Crippen molar-refractivity contribution in [3.8, 4) is 0 Å². The van der Waals surface area contributed by atoms with Crippen molar-refractivity contribution < 1.29 is 4.42 Å². The molecule has 0 saturated carbocycles. The Hall–Kier alpha value is -0.820. The Labute approximate surface area is 138 Å². The van der Waals surface area contributed by atoms with Gasteiger partial charge in [-0.05, 0) is 54.2 Å². The van der Waals surface area contributed by atoms with Gasteiger partial charge in [0.25, 0.3) is 0 Å². The predicted molar refractivity (Wildman–Crippen MR) is 87.7 cm³/mol. The Balaban J connectivity index is 2.36. The summed E-state index contributed by atoms with van der Waals surface area (Å²) in [6.07, 6.45) is 3.43. The molecule has 0 fully saturated rings. The van der Waals surface area contributed by atoms with Crippen molar-refractivity contribution in [3.63, 3.8) is 0 Å². The van der Waals surface area contributed by atoms with E-state index in [-0.39, 0.29) is 6.04 Å². The van der Waals surface area contributed by atoms with Gasteiger partial charge in [0, 0.05) is 12.1 Å². The quantitative estimate of drug-likeness (QED) is 0.807. The number of hydrogen-bond acceptors (Lipinski definition) is 4. The van der Waals surface area contributed by atoms with E-state index >= 15 is 0 Å². The Bertz CT molecular complexity index is 581. The molecule has 0 aliphatic rings. The molecule has 0 saturated heterocycles. The molecule has 0 spiro atoms. The van der Waals surface area contributed by atoms with Crippen LogP contribution in [0.4, 0.5) is 0 Å². The topological polar surface area (TPSA) is 46.2 Å². The van der Waals surface area contributed by atoms with Crippen LogP contribution in [-0.4, -0.2) is 41.9 Å². The molecule has 1 atom stereocenters. The molecule has 2 aromatic heterocycles. The lowest BCUT2D eigenvalue weighted by atomic mass is 10.1. The molecule has 1 unspecified atom stereocenters. The summed E-state index contributed by atoms with van der Waals surface area (Å²) in [5.41, 5.74) is 1.98. The van der Waals surface area contributed by atoms with Gasteiger partial charge < -0.3 is 14.6 Å². The maximum Gasteiger partial charge on any atom is 0.198 e. The fraction of sp³-hybridized carbons (Fsp3) is 0.500. The number of nitrogens with one attached hydrogen (secondary N) is 1. The Morgan fingerprint density at radius 2 is 2.29 bits per heavy atom. The molecular weight excluding hydrogens is 356 g/mol. The van der Waals surface area contributed by atoms with E-state index in [9.17, 15) is 0 Å². The van der Waals surface area contributed by atoms with E-state index in [0.717, 1.165) is 35.4 Å². The Morgan fingerprint density at radius 1 is 1.52 bits per heavy atom. The molecule has 0 bridgehead atoms. The van der Waals surface area contributed by atoms with Crippen molar-refractivity contribution in [2.75, 3.05) is 27.2 Å². The van der Waals surface area contributed by atoms with Crippen LogP contribution in [0.25, 0.3) is 0 Å². The van der Waals surface area contributed by atoms with E-state index in [0.29, 0.717) is 5.22 Å². The molecular formula is C14H20BrClN4O. The van der Waals surface area contributed by atoms with Crippen molar-refractivity contribution in [1.29, 1.82) is 0 Å². The van der Waals surface area contributed by atoms with E-state index in [4.69, 9.17) is 16.0 Å². The summed E-state index contributed by atoms with van der Waals surface area (Å²) in [7, 11) is 4.10. The summed E-state index contributed by atoms with van der Waals surface area (Å²) in [6.45, 7) is 4.61. The number of nitrogens with zero attached hydrogens (tertiary/aromatic N) is 3. The highest BCUT2D eigenvalue weighted by Gasteiger charge is 2.24. The largest absolute Gasteiger partial charge is 0.453 e. The number of likely N-dealkylation sites (N-methyl/N-ethyl adjacent to an activating group) is 1. The lowest BCUT2D eigenvalue weighted by Gasteiger charge is -2.20. The van der Waals surface area contributed by atoms with Crippen LogP contribution < -0.4 is 5.32 Å². The number of halogens is 2. The van der Waals surface area contributed by atoms with Crippen molar-refractivity contribution >= 4 is 27.5 Å². The number of furan rings is 1. The second-order valence-electron chi connectivity index (χ2n) is 5.04. The molecule has 116 valence electrons. The number of hydrogen-bond donors (Lipinski definition) is 1.